The van der Waals surface area contributed by atoms with Gasteiger partial charge in [-0.1, -0.05) is 37.3 Å². The van der Waals surface area contributed by atoms with Crippen molar-refractivity contribution in [2.75, 3.05) is 53.0 Å². The lowest BCUT2D eigenvalue weighted by Gasteiger charge is -2.38. The number of nitrogens with zero attached hydrogens (tertiary/aromatic N) is 2. The van der Waals surface area contributed by atoms with E-state index in [9.17, 15) is 9.59 Å². The fraction of sp³-hybridized carbons (Fsp3) is 0.583. The maximum absolute atomic E-state index is 13.0. The van der Waals surface area contributed by atoms with Crippen molar-refractivity contribution < 1.29 is 19.1 Å². The molecule has 31 heavy (non-hydrogen) atoms. The minimum Gasteiger partial charge on any atom is -0.489 e. The summed E-state index contributed by atoms with van der Waals surface area (Å²) in [6.07, 6.45) is 5.45. The van der Waals surface area contributed by atoms with Crippen LogP contribution in [-0.2, 0) is 20.9 Å². The number of nitrogens with one attached hydrogen (secondary N) is 1. The number of para-hydroxylation sites is 1. The van der Waals surface area contributed by atoms with Crippen molar-refractivity contribution >= 4 is 11.8 Å². The SMILES string of the molecule is CCN1CC(=O)N2CC[C@@H](CC(=O)NCCOC)[C@@H](/C=C\COc3ccccc3C1)C2. The molecule has 2 bridgehead atoms. The van der Waals surface area contributed by atoms with E-state index in [-0.39, 0.29) is 23.7 Å². The summed E-state index contributed by atoms with van der Waals surface area (Å²) < 4.78 is 11.0. The van der Waals surface area contributed by atoms with Crippen molar-refractivity contribution in [2.45, 2.75) is 26.3 Å². The van der Waals surface area contributed by atoms with Crippen LogP contribution in [0.15, 0.2) is 36.4 Å². The van der Waals surface area contributed by atoms with Gasteiger partial charge < -0.3 is 19.7 Å². The predicted molar refractivity (Wildman–Crippen MR) is 120 cm³/mol. The molecule has 0 aromatic heterocycles. The molecule has 2 aliphatic heterocycles. The molecular formula is C24H35N3O4. The Bertz CT molecular complexity index is 767. The van der Waals surface area contributed by atoms with Gasteiger partial charge in [0, 0.05) is 45.3 Å². The van der Waals surface area contributed by atoms with Crippen molar-refractivity contribution in [3.05, 3.63) is 42.0 Å². The van der Waals surface area contributed by atoms with E-state index in [4.69, 9.17) is 9.47 Å². The second-order valence-electron chi connectivity index (χ2n) is 8.25. The second kappa shape index (κ2) is 11.9. The van der Waals surface area contributed by atoms with E-state index in [2.05, 4.69) is 29.3 Å². The summed E-state index contributed by atoms with van der Waals surface area (Å²) in [5.41, 5.74) is 1.09. The summed E-state index contributed by atoms with van der Waals surface area (Å²) in [5.74, 6) is 1.40. The number of hydrogen-bond donors (Lipinski definition) is 1. The maximum Gasteiger partial charge on any atom is 0.236 e. The van der Waals surface area contributed by atoms with Gasteiger partial charge in [-0.05, 0) is 30.9 Å². The lowest BCUT2D eigenvalue weighted by molar-refractivity contribution is -0.135. The van der Waals surface area contributed by atoms with Crippen LogP contribution in [0.1, 0.15) is 25.3 Å². The molecule has 7 heteroatoms. The van der Waals surface area contributed by atoms with Gasteiger partial charge in [0.15, 0.2) is 0 Å². The highest BCUT2D eigenvalue weighted by molar-refractivity contribution is 5.79. The zero-order valence-corrected chi connectivity index (χ0v) is 18.7. The first-order valence-corrected chi connectivity index (χ1v) is 11.2. The Morgan fingerprint density at radius 2 is 2.13 bits per heavy atom. The van der Waals surface area contributed by atoms with Crippen molar-refractivity contribution in [1.82, 2.24) is 15.1 Å². The average Bonchev–Trinajstić information content (AvgIpc) is 2.78. The Labute approximate surface area is 185 Å². The zero-order chi connectivity index (χ0) is 22.1. The molecule has 2 atom stereocenters. The number of rotatable bonds is 6. The molecule has 0 radical (unpaired) electrons. The van der Waals surface area contributed by atoms with Crippen LogP contribution in [0.4, 0.5) is 0 Å². The molecule has 0 saturated carbocycles. The van der Waals surface area contributed by atoms with E-state index >= 15 is 0 Å². The number of hydrogen-bond acceptors (Lipinski definition) is 5. The van der Waals surface area contributed by atoms with Gasteiger partial charge in [-0.3, -0.25) is 14.5 Å². The third-order valence-corrected chi connectivity index (χ3v) is 6.13. The van der Waals surface area contributed by atoms with Crippen LogP contribution in [0.25, 0.3) is 0 Å². The number of carbonyl (C=O) groups is 2. The number of fused-ring (bicyclic) bond motifs is 3. The number of methoxy groups -OCH3 is 1. The van der Waals surface area contributed by atoms with Gasteiger partial charge in [-0.15, -0.1) is 0 Å². The van der Waals surface area contributed by atoms with Crippen molar-refractivity contribution in [3.63, 3.8) is 0 Å². The normalized spacial score (nSPS) is 23.5. The minimum absolute atomic E-state index is 0.0421. The van der Waals surface area contributed by atoms with E-state index in [1.165, 1.54) is 0 Å². The van der Waals surface area contributed by atoms with E-state index in [1.54, 1.807) is 7.11 Å². The Morgan fingerprint density at radius 3 is 2.94 bits per heavy atom. The van der Waals surface area contributed by atoms with E-state index in [0.29, 0.717) is 52.4 Å². The van der Waals surface area contributed by atoms with Gasteiger partial charge in [-0.25, -0.2) is 0 Å². The first-order valence-electron chi connectivity index (χ1n) is 11.2. The molecule has 1 N–H and O–H groups in total. The number of piperidine rings is 1. The van der Waals surface area contributed by atoms with Crippen LogP contribution >= 0.6 is 0 Å². The summed E-state index contributed by atoms with van der Waals surface area (Å²) >= 11 is 0. The Kier molecular flexibility index (Phi) is 8.91. The third kappa shape index (κ3) is 6.80. The highest BCUT2D eigenvalue weighted by Gasteiger charge is 2.32. The first-order chi connectivity index (χ1) is 15.1. The van der Waals surface area contributed by atoms with Gasteiger partial charge >= 0.3 is 0 Å². The molecule has 170 valence electrons. The fourth-order valence-corrected chi connectivity index (χ4v) is 4.29. The summed E-state index contributed by atoms with van der Waals surface area (Å²) in [7, 11) is 1.62. The van der Waals surface area contributed by atoms with Gasteiger partial charge in [0.25, 0.3) is 0 Å². The molecule has 0 spiro atoms. The summed E-state index contributed by atoms with van der Waals surface area (Å²) in [6, 6.07) is 8.01. The molecule has 3 rings (SSSR count). The smallest absolute Gasteiger partial charge is 0.236 e. The molecular weight excluding hydrogens is 394 g/mol. The quantitative estimate of drug-likeness (QED) is 0.554. The Hall–Kier alpha value is -2.38. The lowest BCUT2D eigenvalue weighted by Crippen LogP contribution is -2.47. The molecule has 1 fully saturated rings. The zero-order valence-electron chi connectivity index (χ0n) is 18.7. The van der Waals surface area contributed by atoms with E-state index < -0.39 is 0 Å². The predicted octanol–water partition coefficient (Wildman–Crippen LogP) is 2.07. The number of likely N-dealkylation sites (N-methyl/N-ethyl adjacent to an activating group) is 1. The fourth-order valence-electron chi connectivity index (χ4n) is 4.29. The highest BCUT2D eigenvalue weighted by atomic mass is 16.5. The minimum atomic E-state index is 0.0421. The van der Waals surface area contributed by atoms with Gasteiger partial charge in [-0.2, -0.15) is 0 Å². The first kappa shape index (κ1) is 23.3. The van der Waals surface area contributed by atoms with Crippen LogP contribution in [0.5, 0.6) is 5.75 Å². The third-order valence-electron chi connectivity index (χ3n) is 6.13. The van der Waals surface area contributed by atoms with Gasteiger partial charge in [0.05, 0.1) is 13.2 Å². The monoisotopic (exact) mass is 429 g/mol. The van der Waals surface area contributed by atoms with Crippen LogP contribution in [0.2, 0.25) is 0 Å². The largest absolute Gasteiger partial charge is 0.489 e. The molecule has 1 aromatic carbocycles. The number of carbonyl (C=O) groups excluding carboxylic acids is 2. The Morgan fingerprint density at radius 1 is 1.29 bits per heavy atom. The van der Waals surface area contributed by atoms with E-state index in [0.717, 1.165) is 24.3 Å². The van der Waals surface area contributed by atoms with Crippen molar-refractivity contribution in [1.29, 1.82) is 0 Å². The average molecular weight is 430 g/mol. The standard InChI is InChI=1S/C24H35N3O4/c1-3-26-16-21-7-4-5-9-22(21)31-13-6-8-20-17-27(24(29)18-26)12-10-19(20)15-23(28)25-11-14-30-2/h4-9,19-20H,3,10-18H2,1-2H3,(H,25,28)/b8-6-/t19-,20-/m0/s1. The van der Waals surface area contributed by atoms with Crippen LogP contribution in [-0.4, -0.2) is 74.7 Å². The topological polar surface area (TPSA) is 71.1 Å². The number of benzene rings is 1. The highest BCUT2D eigenvalue weighted by Crippen LogP contribution is 2.29. The molecule has 1 saturated heterocycles. The molecule has 7 nitrogen and oxygen atoms in total. The lowest BCUT2D eigenvalue weighted by atomic mass is 9.82. The molecule has 2 aliphatic rings. The summed E-state index contributed by atoms with van der Waals surface area (Å²) in [6.45, 7) is 6.79. The summed E-state index contributed by atoms with van der Waals surface area (Å²) in [5, 5.41) is 2.91. The maximum atomic E-state index is 13.0. The van der Waals surface area contributed by atoms with Crippen molar-refractivity contribution in [2.24, 2.45) is 11.8 Å². The molecule has 2 heterocycles. The molecule has 2 amide bonds. The van der Waals surface area contributed by atoms with Crippen LogP contribution < -0.4 is 10.1 Å². The summed E-state index contributed by atoms with van der Waals surface area (Å²) in [4.78, 5) is 29.5. The van der Waals surface area contributed by atoms with Crippen LogP contribution in [0, 0.1) is 11.8 Å². The van der Waals surface area contributed by atoms with Gasteiger partial charge in [0.1, 0.15) is 12.4 Å². The molecule has 0 unspecified atom stereocenters. The number of ether oxygens (including phenoxy) is 2. The Balaban J connectivity index is 1.73. The van der Waals surface area contributed by atoms with Crippen molar-refractivity contribution in [3.8, 4) is 5.75 Å². The van der Waals surface area contributed by atoms with Gasteiger partial charge in [0.2, 0.25) is 11.8 Å². The molecule has 1 aromatic rings. The molecule has 0 aliphatic carbocycles. The van der Waals surface area contributed by atoms with Crippen LogP contribution in [0.3, 0.4) is 0 Å². The number of amides is 2. The van der Waals surface area contributed by atoms with E-state index in [1.807, 2.05) is 29.2 Å². The second-order valence-corrected chi connectivity index (χ2v) is 8.25.